The number of hydrogen-bond donors (Lipinski definition) is 0. The average molecular weight is 588 g/mol. The molecule has 46 heavy (non-hydrogen) atoms. The fraction of sp³-hybridized carbons (Fsp3) is 0. The van der Waals surface area contributed by atoms with Crippen molar-refractivity contribution in [2.75, 3.05) is 4.90 Å². The number of para-hydroxylation sites is 1. The van der Waals surface area contributed by atoms with Gasteiger partial charge in [0.1, 0.15) is 11.2 Å². The van der Waals surface area contributed by atoms with Gasteiger partial charge in [-0.2, -0.15) is 0 Å². The number of furan rings is 1. The van der Waals surface area contributed by atoms with Gasteiger partial charge >= 0.3 is 0 Å². The Morgan fingerprint density at radius 3 is 1.59 bits per heavy atom. The lowest BCUT2D eigenvalue weighted by atomic mass is 9.99. The van der Waals surface area contributed by atoms with Crippen molar-refractivity contribution < 1.29 is 4.42 Å². The number of fused-ring (bicyclic) bond motifs is 6. The first-order valence-electron chi connectivity index (χ1n) is 15.7. The highest BCUT2D eigenvalue weighted by Crippen LogP contribution is 2.39. The van der Waals surface area contributed by atoms with E-state index in [1.807, 2.05) is 0 Å². The van der Waals surface area contributed by atoms with Gasteiger partial charge in [0.25, 0.3) is 0 Å². The zero-order valence-corrected chi connectivity index (χ0v) is 25.1. The van der Waals surface area contributed by atoms with E-state index in [0.29, 0.717) is 0 Å². The Kier molecular flexibility index (Phi) is 6.17. The lowest BCUT2D eigenvalue weighted by Crippen LogP contribution is -2.09. The molecule has 1 heterocycles. The molecule has 2 heteroatoms. The maximum atomic E-state index is 6.25. The first-order chi connectivity index (χ1) is 22.8. The molecule has 0 saturated carbocycles. The van der Waals surface area contributed by atoms with Gasteiger partial charge in [-0.3, -0.25) is 0 Å². The second kappa shape index (κ2) is 10.8. The summed E-state index contributed by atoms with van der Waals surface area (Å²) in [6.07, 6.45) is 0. The van der Waals surface area contributed by atoms with Gasteiger partial charge in [-0.25, -0.2) is 0 Å². The molecular formula is C44H29NO. The first kappa shape index (κ1) is 26.3. The van der Waals surface area contributed by atoms with E-state index in [4.69, 9.17) is 4.42 Å². The molecule has 0 aliphatic rings. The number of hydrogen-bond acceptors (Lipinski definition) is 2. The topological polar surface area (TPSA) is 16.4 Å². The van der Waals surface area contributed by atoms with Crippen LogP contribution in [0.5, 0.6) is 0 Å². The van der Waals surface area contributed by atoms with Gasteiger partial charge < -0.3 is 9.32 Å². The number of nitrogens with zero attached hydrogens (tertiary/aromatic N) is 1. The molecule has 0 N–H and O–H groups in total. The summed E-state index contributed by atoms with van der Waals surface area (Å²) < 4.78 is 6.25. The summed E-state index contributed by atoms with van der Waals surface area (Å²) in [6, 6.07) is 62.7. The van der Waals surface area contributed by atoms with Crippen LogP contribution in [-0.2, 0) is 0 Å². The second-order valence-corrected chi connectivity index (χ2v) is 11.8. The van der Waals surface area contributed by atoms with Crippen LogP contribution in [0.1, 0.15) is 0 Å². The van der Waals surface area contributed by atoms with Crippen molar-refractivity contribution in [2.24, 2.45) is 0 Å². The third kappa shape index (κ3) is 4.51. The van der Waals surface area contributed by atoms with Crippen LogP contribution < -0.4 is 4.90 Å². The average Bonchev–Trinajstić information content (AvgIpc) is 3.51. The highest BCUT2D eigenvalue weighted by molar-refractivity contribution is 6.19. The van der Waals surface area contributed by atoms with Crippen LogP contribution in [0.4, 0.5) is 17.1 Å². The van der Waals surface area contributed by atoms with Crippen molar-refractivity contribution in [1.29, 1.82) is 0 Å². The van der Waals surface area contributed by atoms with Gasteiger partial charge in [-0.15, -0.1) is 0 Å². The van der Waals surface area contributed by atoms with Gasteiger partial charge in [-0.05, 0) is 104 Å². The summed E-state index contributed by atoms with van der Waals surface area (Å²) in [5, 5.41) is 7.27. The SMILES string of the molecule is c1ccc(N(c2ccc(-c3ccc4ccccc4c3)cc2)c2ccc(-c3ccc4oc5ccc6ccccc6c5c4c3)cc2)cc1. The Morgan fingerprint density at radius 2 is 0.848 bits per heavy atom. The molecule has 0 radical (unpaired) electrons. The fourth-order valence-electron chi connectivity index (χ4n) is 6.73. The smallest absolute Gasteiger partial charge is 0.136 e. The summed E-state index contributed by atoms with van der Waals surface area (Å²) in [7, 11) is 0. The molecule has 0 saturated heterocycles. The van der Waals surface area contributed by atoms with Gasteiger partial charge in [0.05, 0.1) is 0 Å². The first-order valence-corrected chi connectivity index (χ1v) is 15.7. The lowest BCUT2D eigenvalue weighted by Gasteiger charge is -2.26. The third-order valence-electron chi connectivity index (χ3n) is 9.04. The summed E-state index contributed by atoms with van der Waals surface area (Å²) in [5.41, 5.74) is 9.92. The molecule has 2 nitrogen and oxygen atoms in total. The summed E-state index contributed by atoms with van der Waals surface area (Å²) in [6.45, 7) is 0. The van der Waals surface area contributed by atoms with E-state index in [2.05, 4.69) is 181 Å². The minimum atomic E-state index is 0.911. The largest absolute Gasteiger partial charge is 0.456 e. The normalized spacial score (nSPS) is 11.5. The Morgan fingerprint density at radius 1 is 0.326 bits per heavy atom. The Bertz CT molecular complexity index is 2510. The molecule has 0 aliphatic heterocycles. The molecule has 0 bridgehead atoms. The molecule has 0 unspecified atom stereocenters. The standard InChI is InChI=1S/C44H29NO/c1-2-11-37(12-3-1)45(38-22-16-31(17-23-38)35-15-14-30-8-4-5-10-34(30)28-35)39-24-18-32(19-25-39)36-21-26-42-41(29-36)44-40-13-7-6-9-33(40)20-27-43(44)46-42/h1-29H. The third-order valence-corrected chi connectivity index (χ3v) is 9.04. The van der Waals surface area contributed by atoms with Crippen LogP contribution in [0.3, 0.4) is 0 Å². The molecule has 9 rings (SSSR count). The van der Waals surface area contributed by atoms with E-state index < -0.39 is 0 Å². The van der Waals surface area contributed by atoms with Crippen molar-refractivity contribution in [1.82, 2.24) is 0 Å². The Balaban J connectivity index is 1.08. The minimum Gasteiger partial charge on any atom is -0.456 e. The maximum Gasteiger partial charge on any atom is 0.136 e. The molecule has 216 valence electrons. The maximum absolute atomic E-state index is 6.25. The predicted octanol–water partition coefficient (Wildman–Crippen LogP) is 12.7. The zero-order valence-electron chi connectivity index (χ0n) is 25.1. The zero-order chi connectivity index (χ0) is 30.5. The Labute approximate surface area is 267 Å². The molecule has 0 aliphatic carbocycles. The van der Waals surface area contributed by atoms with Crippen LogP contribution in [0.25, 0.3) is 65.7 Å². The van der Waals surface area contributed by atoms with Crippen molar-refractivity contribution in [3.8, 4) is 22.3 Å². The number of benzene rings is 8. The van der Waals surface area contributed by atoms with Crippen molar-refractivity contribution in [2.45, 2.75) is 0 Å². The molecule has 0 amide bonds. The van der Waals surface area contributed by atoms with Crippen LogP contribution in [0.15, 0.2) is 180 Å². The van der Waals surface area contributed by atoms with Crippen molar-refractivity contribution in [3.05, 3.63) is 176 Å². The summed E-state index contributed by atoms with van der Waals surface area (Å²) in [4.78, 5) is 2.31. The van der Waals surface area contributed by atoms with Gasteiger partial charge in [0.15, 0.2) is 0 Å². The summed E-state index contributed by atoms with van der Waals surface area (Å²) >= 11 is 0. The minimum absolute atomic E-state index is 0.911. The summed E-state index contributed by atoms with van der Waals surface area (Å²) in [5.74, 6) is 0. The van der Waals surface area contributed by atoms with E-state index in [1.165, 1.54) is 49.2 Å². The highest BCUT2D eigenvalue weighted by Gasteiger charge is 2.15. The number of anilines is 3. The molecule has 0 spiro atoms. The molecular weight excluding hydrogens is 558 g/mol. The van der Waals surface area contributed by atoms with E-state index in [1.54, 1.807) is 0 Å². The second-order valence-electron chi connectivity index (χ2n) is 11.8. The number of rotatable bonds is 5. The lowest BCUT2D eigenvalue weighted by molar-refractivity contribution is 0.669. The van der Waals surface area contributed by atoms with Crippen LogP contribution in [0, 0.1) is 0 Å². The van der Waals surface area contributed by atoms with Crippen molar-refractivity contribution >= 4 is 60.5 Å². The fourth-order valence-corrected chi connectivity index (χ4v) is 6.73. The van der Waals surface area contributed by atoms with Gasteiger partial charge in [0.2, 0.25) is 0 Å². The molecule has 9 aromatic rings. The van der Waals surface area contributed by atoms with E-state index in [0.717, 1.165) is 33.6 Å². The monoisotopic (exact) mass is 587 g/mol. The van der Waals surface area contributed by atoms with E-state index in [-0.39, 0.29) is 0 Å². The molecule has 8 aromatic carbocycles. The van der Waals surface area contributed by atoms with Crippen molar-refractivity contribution in [3.63, 3.8) is 0 Å². The van der Waals surface area contributed by atoms with E-state index >= 15 is 0 Å². The van der Waals surface area contributed by atoms with Gasteiger partial charge in [0, 0.05) is 27.8 Å². The molecule has 0 atom stereocenters. The highest BCUT2D eigenvalue weighted by atomic mass is 16.3. The molecule has 1 aromatic heterocycles. The molecule has 0 fully saturated rings. The van der Waals surface area contributed by atoms with Crippen LogP contribution >= 0.6 is 0 Å². The van der Waals surface area contributed by atoms with E-state index in [9.17, 15) is 0 Å². The van der Waals surface area contributed by atoms with Gasteiger partial charge in [-0.1, -0.05) is 115 Å². The predicted molar refractivity (Wildman–Crippen MR) is 194 cm³/mol. The van der Waals surface area contributed by atoms with Crippen LogP contribution in [0.2, 0.25) is 0 Å². The Hall–Kier alpha value is -6.12. The van der Waals surface area contributed by atoms with Crippen LogP contribution in [-0.4, -0.2) is 0 Å². The quantitative estimate of drug-likeness (QED) is 0.199.